The highest BCUT2D eigenvalue weighted by molar-refractivity contribution is 7.30. The maximum atomic E-state index is 2.89. The van der Waals surface area contributed by atoms with Crippen LogP contribution in [0.3, 0.4) is 0 Å². The Balaban J connectivity index is 0.832. The second-order valence-electron chi connectivity index (χ2n) is 47.7. The van der Waals surface area contributed by atoms with Gasteiger partial charge in [-0.3, -0.25) is 0 Å². The van der Waals surface area contributed by atoms with Crippen molar-refractivity contribution in [2.24, 2.45) is 0 Å². The van der Waals surface area contributed by atoms with Crippen molar-refractivity contribution in [3.8, 4) is 0 Å². The summed E-state index contributed by atoms with van der Waals surface area (Å²) < 4.78 is 3.04. The van der Waals surface area contributed by atoms with Gasteiger partial charge >= 0.3 is 0 Å². The molecule has 0 N–H and O–H groups in total. The highest BCUT2D eigenvalue weighted by Crippen LogP contribution is 2.63. The summed E-state index contributed by atoms with van der Waals surface area (Å²) >= 11 is 4.39. The summed E-state index contributed by atoms with van der Waals surface area (Å²) in [6, 6.07) is 60.7. The number of thiophene rings is 2. The van der Waals surface area contributed by atoms with E-state index in [0.29, 0.717) is 0 Å². The number of aryl methyl sites for hydroxylation is 1. The number of fused-ring (bicyclic) bond motifs is 14. The molecular formula is C109H134B2N4S2. The van der Waals surface area contributed by atoms with E-state index in [4.69, 9.17) is 0 Å². The lowest BCUT2D eigenvalue weighted by molar-refractivity contribution is 0.242. The summed E-state index contributed by atoms with van der Waals surface area (Å²) in [6.45, 7) is 74.5. The molecule has 18 rings (SSSR count). The third-order valence-electron chi connectivity index (χ3n) is 30.9. The van der Waals surface area contributed by atoms with Gasteiger partial charge in [-0.1, -0.05) is 261 Å². The van der Waals surface area contributed by atoms with E-state index in [-0.39, 0.29) is 83.8 Å². The van der Waals surface area contributed by atoms with Gasteiger partial charge in [0.25, 0.3) is 13.4 Å². The second-order valence-corrected chi connectivity index (χ2v) is 49.8. The molecular weight excluding hydrogens is 1450 g/mol. The lowest BCUT2D eigenvalue weighted by atomic mass is 9.35. The largest absolute Gasteiger partial charge is 0.311 e. The third-order valence-corrected chi connectivity index (χ3v) is 34.1. The van der Waals surface area contributed by atoms with Gasteiger partial charge < -0.3 is 19.6 Å². The Morgan fingerprint density at radius 2 is 0.692 bits per heavy atom. The molecule has 0 fully saturated rings. The molecule has 4 nitrogen and oxygen atoms in total. The zero-order valence-corrected chi connectivity index (χ0v) is 78.8. The Kier molecular flexibility index (Phi) is 17.8. The van der Waals surface area contributed by atoms with Gasteiger partial charge in [0.15, 0.2) is 0 Å². The van der Waals surface area contributed by atoms with Gasteiger partial charge in [-0.05, 0) is 310 Å². The highest BCUT2D eigenvalue weighted by atomic mass is 32.1. The summed E-state index contributed by atoms with van der Waals surface area (Å²) in [7, 11) is 0. The number of hydrogen-bond acceptors (Lipinski definition) is 6. The first kappa shape index (κ1) is 80.5. The van der Waals surface area contributed by atoms with Crippen molar-refractivity contribution >= 4 is 136 Å². The van der Waals surface area contributed by atoms with Gasteiger partial charge in [-0.2, -0.15) is 22.7 Å². The van der Waals surface area contributed by atoms with Crippen molar-refractivity contribution in [2.45, 2.75) is 342 Å². The fraction of sp³-hybridized carbons (Fsp3) is 0.486. The van der Waals surface area contributed by atoms with E-state index in [1.165, 1.54) is 169 Å². The van der Waals surface area contributed by atoms with Crippen molar-refractivity contribution in [2.75, 3.05) is 19.6 Å². The molecule has 6 heterocycles. The smallest absolute Gasteiger partial charge is 0.264 e. The molecule has 2 aromatic heterocycles. The van der Waals surface area contributed by atoms with Crippen LogP contribution in [0, 0.1) is 6.92 Å². The fourth-order valence-electron chi connectivity index (χ4n) is 22.7. The van der Waals surface area contributed by atoms with E-state index in [1.54, 1.807) is 26.4 Å². The lowest BCUT2D eigenvalue weighted by Crippen LogP contribution is -2.61. The minimum atomic E-state index is -0.153. The van der Waals surface area contributed by atoms with E-state index < -0.39 is 0 Å². The maximum absolute atomic E-state index is 2.89. The van der Waals surface area contributed by atoms with Gasteiger partial charge in [0, 0.05) is 81.6 Å². The SMILES string of the molecule is Cc1cc2c3c(c1)N(c1ccc4c(c1)C(C)(CCC1(C)CCC(C)(C)c5c1sc1c5N(c5ccc6c(c5)C(C)(C)CCC6(C)C)c5cc(C(C)(C)C)cc6c5B1c1ccc(C(C)(C)C)cc1N6c1cccc(C(C)(C)C)c1)CCC4(C)C)c1c(sc4c1C(C)(C)CCC4(C)C)B3c1cc(C(C)(C)C)ccc1N2c1ccc(C(C)(C)C)cc1. The number of anilines is 12. The number of hydrogen-bond donors (Lipinski definition) is 0. The summed E-state index contributed by atoms with van der Waals surface area (Å²) in [5, 5.41) is 0. The molecule has 2 unspecified atom stereocenters. The molecule has 2 atom stereocenters. The Morgan fingerprint density at radius 1 is 0.299 bits per heavy atom. The molecule has 0 saturated carbocycles. The predicted octanol–water partition coefficient (Wildman–Crippen LogP) is 27.6. The Hall–Kier alpha value is -7.51. The van der Waals surface area contributed by atoms with Crippen LogP contribution in [0.2, 0.25) is 0 Å². The third kappa shape index (κ3) is 12.5. The molecule has 4 aliphatic carbocycles. The number of benzene rings is 8. The van der Waals surface area contributed by atoms with Crippen LogP contribution >= 0.6 is 22.7 Å². The Morgan fingerprint density at radius 3 is 1.27 bits per heavy atom. The van der Waals surface area contributed by atoms with Crippen molar-refractivity contribution in [3.05, 3.63) is 222 Å². The lowest BCUT2D eigenvalue weighted by Gasteiger charge is -2.48. The van der Waals surface area contributed by atoms with Gasteiger partial charge in [0.2, 0.25) is 0 Å². The summed E-state index contributed by atoms with van der Waals surface area (Å²) in [6.07, 6.45) is 11.4. The quantitative estimate of drug-likeness (QED) is 0.147. The van der Waals surface area contributed by atoms with Gasteiger partial charge in [-0.25, -0.2) is 0 Å². The van der Waals surface area contributed by atoms with Crippen LogP contribution in [0.4, 0.5) is 68.2 Å². The average molecular weight is 1590 g/mol. The van der Waals surface area contributed by atoms with Crippen molar-refractivity contribution < 1.29 is 0 Å². The van der Waals surface area contributed by atoms with Crippen LogP contribution in [0.15, 0.2) is 146 Å². The van der Waals surface area contributed by atoms with Crippen molar-refractivity contribution in [1.29, 1.82) is 0 Å². The van der Waals surface area contributed by atoms with Crippen LogP contribution in [0.1, 0.15) is 342 Å². The topological polar surface area (TPSA) is 13.0 Å². The molecule has 10 aromatic rings. The Bertz CT molecular complexity index is 5790. The van der Waals surface area contributed by atoms with Gasteiger partial charge in [0.05, 0.1) is 11.4 Å². The van der Waals surface area contributed by atoms with Gasteiger partial charge in [-0.15, -0.1) is 0 Å². The summed E-state index contributed by atoms with van der Waals surface area (Å²) in [4.78, 5) is 14.3. The molecule has 8 aliphatic rings. The van der Waals surface area contributed by atoms with Crippen molar-refractivity contribution in [3.63, 3.8) is 0 Å². The standard InChI is InChI=1S/C109H134B2N4S2/c1-65-56-83-89-84(57-65)114(91-87-93(107(27,28)49-48-105(87,23)24)116-96(91)111(89)80-59-68(99(8,9)10)37-45-81(80)112(83)71-38-34-66(35-39-71)97(2,3)4)74-41-43-76-78(64-74)108(29,52-50-103(76,19)20)54-55-109(30)53-51-106(25,26)88-92-95(117-94(88)109)110-79-44-36-69(100(11,12)13)60-82(79)113(72-33-31-32-67(58-72)98(5,6)7)85-61-70(101(14,15)16)62-86(90(85)110)115(92)73-40-42-75-77(63-73)104(21,22)47-46-102(75,17)18/h31-45,56-64H,46-55H2,1-30H3. The minimum absolute atomic E-state index is 0.00142. The molecule has 8 aromatic carbocycles. The van der Waals surface area contributed by atoms with Crippen LogP contribution in [-0.4, -0.2) is 13.4 Å². The first-order chi connectivity index (χ1) is 54.2. The van der Waals surface area contributed by atoms with E-state index in [9.17, 15) is 0 Å². The molecule has 0 saturated heterocycles. The molecule has 0 spiro atoms. The number of nitrogens with zero attached hydrogens (tertiary/aromatic N) is 4. The Labute approximate surface area is 714 Å². The van der Waals surface area contributed by atoms with Crippen LogP contribution in [0.5, 0.6) is 0 Å². The molecule has 117 heavy (non-hydrogen) atoms. The first-order valence-electron chi connectivity index (χ1n) is 44.9. The fourth-order valence-corrected chi connectivity index (χ4v) is 26.2. The molecule has 0 bridgehead atoms. The van der Waals surface area contributed by atoms with E-state index in [1.807, 2.05) is 0 Å². The van der Waals surface area contributed by atoms with Crippen LogP contribution in [0.25, 0.3) is 0 Å². The molecule has 608 valence electrons. The van der Waals surface area contributed by atoms with E-state index >= 15 is 0 Å². The second kappa shape index (κ2) is 25.8. The maximum Gasteiger partial charge on any atom is 0.264 e. The number of rotatable bonds is 7. The van der Waals surface area contributed by atoms with E-state index in [0.717, 1.165) is 44.9 Å². The highest BCUT2D eigenvalue weighted by Gasteiger charge is 2.56. The molecule has 0 radical (unpaired) electrons. The zero-order chi connectivity index (χ0) is 83.9. The minimum Gasteiger partial charge on any atom is -0.311 e. The summed E-state index contributed by atoms with van der Waals surface area (Å²) in [5.41, 5.74) is 38.5. The molecule has 0 amide bonds. The molecule has 8 heteroatoms. The van der Waals surface area contributed by atoms with Crippen molar-refractivity contribution in [1.82, 2.24) is 0 Å². The summed E-state index contributed by atoms with van der Waals surface area (Å²) in [5.74, 6) is 0. The normalized spacial score (nSPS) is 21.4. The zero-order valence-electron chi connectivity index (χ0n) is 77.2. The first-order valence-corrected chi connectivity index (χ1v) is 46.6. The average Bonchev–Trinajstić information content (AvgIpc) is 1.58. The predicted molar refractivity (Wildman–Crippen MR) is 514 cm³/mol. The van der Waals surface area contributed by atoms with Crippen LogP contribution < -0.4 is 51.0 Å². The van der Waals surface area contributed by atoms with Crippen LogP contribution in [-0.2, 0) is 70.4 Å². The van der Waals surface area contributed by atoms with Gasteiger partial charge in [0.1, 0.15) is 0 Å². The monoisotopic (exact) mass is 1590 g/mol. The molecule has 4 aliphatic heterocycles. The van der Waals surface area contributed by atoms with E-state index in [2.05, 4.69) is 396 Å².